The highest BCUT2D eigenvalue weighted by atomic mass is 32.2. The molecule has 27 heavy (non-hydrogen) atoms. The zero-order valence-corrected chi connectivity index (χ0v) is 17.6. The fraction of sp³-hybridized carbons (Fsp3) is 0.455. The average molecular weight is 387 g/mol. The van der Waals surface area contributed by atoms with E-state index >= 15 is 0 Å². The van der Waals surface area contributed by atoms with Crippen LogP contribution >= 0.6 is 0 Å². The predicted octanol–water partition coefficient (Wildman–Crippen LogP) is 4.71. The summed E-state index contributed by atoms with van der Waals surface area (Å²) in [5.41, 5.74) is 5.44. The molecule has 0 bridgehead atoms. The summed E-state index contributed by atoms with van der Waals surface area (Å²) in [7, 11) is -3.62. The summed E-state index contributed by atoms with van der Waals surface area (Å²) in [5.74, 6) is 0. The summed E-state index contributed by atoms with van der Waals surface area (Å²) >= 11 is 0. The van der Waals surface area contributed by atoms with Gasteiger partial charge in [-0.05, 0) is 93.6 Å². The van der Waals surface area contributed by atoms with Crippen LogP contribution in [0.15, 0.2) is 35.2 Å². The number of benzene rings is 2. The van der Waals surface area contributed by atoms with E-state index in [0.29, 0.717) is 10.6 Å². The van der Waals surface area contributed by atoms with E-state index in [2.05, 4.69) is 9.62 Å². The molecule has 0 aliphatic carbocycles. The maximum Gasteiger partial charge on any atom is 0.262 e. The Morgan fingerprint density at radius 1 is 0.889 bits per heavy atom. The van der Waals surface area contributed by atoms with Crippen LogP contribution in [0.25, 0.3) is 0 Å². The number of sulfonamides is 1. The molecule has 0 radical (unpaired) electrons. The molecule has 1 fully saturated rings. The van der Waals surface area contributed by atoms with E-state index in [4.69, 9.17) is 0 Å². The van der Waals surface area contributed by atoms with Crippen molar-refractivity contribution < 1.29 is 8.42 Å². The Balaban J connectivity index is 1.78. The highest BCUT2D eigenvalue weighted by molar-refractivity contribution is 7.92. The van der Waals surface area contributed by atoms with E-state index in [9.17, 15) is 8.42 Å². The summed E-state index contributed by atoms with van der Waals surface area (Å²) in [6, 6.07) is 9.81. The molecule has 4 nitrogen and oxygen atoms in total. The summed E-state index contributed by atoms with van der Waals surface area (Å²) < 4.78 is 28.8. The lowest BCUT2D eigenvalue weighted by Crippen LogP contribution is -2.29. The lowest BCUT2D eigenvalue weighted by Gasteiger charge is -2.26. The molecule has 5 heteroatoms. The van der Waals surface area contributed by atoms with Crippen molar-refractivity contribution in [2.75, 3.05) is 17.8 Å². The van der Waals surface area contributed by atoms with Gasteiger partial charge in [0, 0.05) is 12.2 Å². The number of hydrogen-bond donors (Lipinski definition) is 1. The van der Waals surface area contributed by atoms with Gasteiger partial charge < -0.3 is 0 Å². The first-order chi connectivity index (χ1) is 12.8. The van der Waals surface area contributed by atoms with Gasteiger partial charge in [-0.3, -0.25) is 9.62 Å². The molecule has 0 atom stereocenters. The molecule has 0 unspecified atom stereocenters. The van der Waals surface area contributed by atoms with Crippen LogP contribution < -0.4 is 4.72 Å². The highest BCUT2D eigenvalue weighted by Crippen LogP contribution is 2.28. The van der Waals surface area contributed by atoms with Crippen LogP contribution in [0.3, 0.4) is 0 Å². The van der Waals surface area contributed by atoms with Gasteiger partial charge in [0.15, 0.2) is 0 Å². The number of hydrogen-bond acceptors (Lipinski definition) is 3. The zero-order chi connectivity index (χ0) is 19.6. The van der Waals surface area contributed by atoms with Crippen LogP contribution in [0.1, 0.15) is 47.1 Å². The van der Waals surface area contributed by atoms with E-state index in [0.717, 1.165) is 41.9 Å². The largest absolute Gasteiger partial charge is 0.299 e. The maximum atomic E-state index is 13.0. The Morgan fingerprint density at radius 3 is 2.00 bits per heavy atom. The van der Waals surface area contributed by atoms with Crippen molar-refractivity contribution >= 4 is 15.7 Å². The molecule has 0 aromatic heterocycles. The number of aryl methyl sites for hydroxylation is 2. The van der Waals surface area contributed by atoms with Crippen molar-refractivity contribution in [2.24, 2.45) is 0 Å². The average Bonchev–Trinajstić information content (AvgIpc) is 2.62. The molecule has 1 aliphatic rings. The van der Waals surface area contributed by atoms with Gasteiger partial charge in [-0.2, -0.15) is 0 Å². The Hall–Kier alpha value is -1.85. The molecule has 1 N–H and O–H groups in total. The Labute approximate surface area is 163 Å². The molecule has 0 amide bonds. The van der Waals surface area contributed by atoms with E-state index in [1.165, 1.54) is 24.8 Å². The molecule has 0 saturated carbocycles. The van der Waals surface area contributed by atoms with Crippen LogP contribution in [-0.2, 0) is 16.6 Å². The first kappa shape index (κ1) is 19.9. The lowest BCUT2D eigenvalue weighted by molar-refractivity contribution is 0.221. The second-order valence-corrected chi connectivity index (χ2v) is 9.35. The van der Waals surface area contributed by atoms with Gasteiger partial charge >= 0.3 is 0 Å². The topological polar surface area (TPSA) is 49.4 Å². The van der Waals surface area contributed by atoms with Crippen molar-refractivity contribution in [1.82, 2.24) is 4.90 Å². The third-order valence-electron chi connectivity index (χ3n) is 5.63. The molecule has 2 aromatic carbocycles. The number of nitrogens with zero attached hydrogens (tertiary/aromatic N) is 1. The number of likely N-dealkylation sites (tertiary alicyclic amines) is 1. The van der Waals surface area contributed by atoms with Crippen molar-refractivity contribution in [3.8, 4) is 0 Å². The minimum atomic E-state index is -3.62. The van der Waals surface area contributed by atoms with Gasteiger partial charge in [-0.15, -0.1) is 0 Å². The van der Waals surface area contributed by atoms with Gasteiger partial charge in [-0.25, -0.2) is 8.42 Å². The monoisotopic (exact) mass is 386 g/mol. The summed E-state index contributed by atoms with van der Waals surface area (Å²) in [6.45, 7) is 10.9. The number of rotatable bonds is 5. The van der Waals surface area contributed by atoms with Gasteiger partial charge in [-0.1, -0.05) is 24.6 Å². The highest BCUT2D eigenvalue weighted by Gasteiger charge is 2.22. The first-order valence-electron chi connectivity index (χ1n) is 9.69. The van der Waals surface area contributed by atoms with E-state index < -0.39 is 10.0 Å². The first-order valence-corrected chi connectivity index (χ1v) is 11.2. The van der Waals surface area contributed by atoms with Crippen LogP contribution in [0.4, 0.5) is 5.69 Å². The second kappa shape index (κ2) is 8.03. The molecule has 0 spiro atoms. The lowest BCUT2D eigenvalue weighted by atomic mass is 10.0. The smallest absolute Gasteiger partial charge is 0.262 e. The molecule has 1 heterocycles. The van der Waals surface area contributed by atoms with E-state index in [1.54, 1.807) is 0 Å². The summed E-state index contributed by atoms with van der Waals surface area (Å²) in [5, 5.41) is 0. The molecule has 2 aromatic rings. The van der Waals surface area contributed by atoms with Crippen molar-refractivity contribution in [2.45, 2.75) is 58.4 Å². The van der Waals surface area contributed by atoms with Gasteiger partial charge in [0.25, 0.3) is 10.0 Å². The van der Waals surface area contributed by atoms with Crippen LogP contribution in [0.2, 0.25) is 0 Å². The van der Waals surface area contributed by atoms with Crippen LogP contribution in [0, 0.1) is 27.7 Å². The Kier molecular flexibility index (Phi) is 5.92. The quantitative estimate of drug-likeness (QED) is 0.810. The maximum absolute atomic E-state index is 13.0. The van der Waals surface area contributed by atoms with Crippen LogP contribution in [0.5, 0.6) is 0 Å². The van der Waals surface area contributed by atoms with Gasteiger partial charge in [0.05, 0.1) is 4.90 Å². The third-order valence-corrected chi connectivity index (χ3v) is 7.28. The molecular formula is C22H30N2O2S. The summed E-state index contributed by atoms with van der Waals surface area (Å²) in [6.07, 6.45) is 3.87. The second-order valence-electron chi connectivity index (χ2n) is 7.73. The van der Waals surface area contributed by atoms with E-state index in [1.807, 2.05) is 58.0 Å². The molecule has 3 rings (SSSR count). The number of piperidine rings is 1. The molecule has 1 aliphatic heterocycles. The SMILES string of the molecule is Cc1cc(C)c(C)c(S(=O)(=O)Nc2ccc(CN3CCCCC3)cc2)c1C. The molecule has 1 saturated heterocycles. The fourth-order valence-corrected chi connectivity index (χ4v) is 5.52. The predicted molar refractivity (Wildman–Crippen MR) is 112 cm³/mol. The normalized spacial score (nSPS) is 15.7. The number of anilines is 1. The minimum absolute atomic E-state index is 0.400. The minimum Gasteiger partial charge on any atom is -0.299 e. The van der Waals surface area contributed by atoms with Crippen molar-refractivity contribution in [3.63, 3.8) is 0 Å². The standard InChI is InChI=1S/C22H30N2O2S/c1-16-14-17(2)19(4)22(18(16)3)27(25,26)23-21-10-8-20(9-11-21)15-24-12-6-5-7-13-24/h8-11,14,23H,5-7,12-13,15H2,1-4H3. The summed E-state index contributed by atoms with van der Waals surface area (Å²) in [4.78, 5) is 2.86. The Bertz CT molecular complexity index is 886. The van der Waals surface area contributed by atoms with Crippen LogP contribution in [-0.4, -0.2) is 26.4 Å². The van der Waals surface area contributed by atoms with Gasteiger partial charge in [0.2, 0.25) is 0 Å². The van der Waals surface area contributed by atoms with Crippen molar-refractivity contribution in [1.29, 1.82) is 0 Å². The third kappa shape index (κ3) is 4.53. The van der Waals surface area contributed by atoms with Crippen molar-refractivity contribution in [3.05, 3.63) is 58.1 Å². The Morgan fingerprint density at radius 2 is 1.44 bits per heavy atom. The van der Waals surface area contributed by atoms with E-state index in [-0.39, 0.29) is 0 Å². The molecule has 146 valence electrons. The number of nitrogens with one attached hydrogen (secondary N) is 1. The fourth-order valence-electron chi connectivity index (χ4n) is 3.84. The zero-order valence-electron chi connectivity index (χ0n) is 16.8. The van der Waals surface area contributed by atoms with Gasteiger partial charge in [0.1, 0.15) is 0 Å². The molecular weight excluding hydrogens is 356 g/mol.